The summed E-state index contributed by atoms with van der Waals surface area (Å²) in [4.78, 5) is 12.7. The first-order valence-electron chi connectivity index (χ1n) is 8.41. The molecule has 0 unspecified atom stereocenters. The third-order valence-corrected chi connectivity index (χ3v) is 4.40. The van der Waals surface area contributed by atoms with Crippen molar-refractivity contribution >= 4 is 5.78 Å². The van der Waals surface area contributed by atoms with Crippen LogP contribution in [0, 0.1) is 6.92 Å². The van der Waals surface area contributed by atoms with E-state index in [1.165, 1.54) is 16.7 Å². The normalized spacial score (nSPS) is 11.9. The van der Waals surface area contributed by atoms with Crippen molar-refractivity contribution in [2.45, 2.75) is 25.7 Å². The maximum absolute atomic E-state index is 12.7. The zero-order chi connectivity index (χ0) is 16.8. The summed E-state index contributed by atoms with van der Waals surface area (Å²) in [6, 6.07) is 28.5. The van der Waals surface area contributed by atoms with Gasteiger partial charge in [-0.15, -0.1) is 0 Å². The highest BCUT2D eigenvalue weighted by molar-refractivity contribution is 5.96. The molecule has 0 spiro atoms. The third-order valence-electron chi connectivity index (χ3n) is 4.40. The average Bonchev–Trinajstić information content (AvgIpc) is 2.64. The molecule has 3 aromatic carbocycles. The van der Waals surface area contributed by atoms with Crippen LogP contribution in [0.15, 0.2) is 84.9 Å². The van der Waals surface area contributed by atoms with Crippen molar-refractivity contribution in [1.82, 2.24) is 0 Å². The van der Waals surface area contributed by atoms with Crippen LogP contribution < -0.4 is 0 Å². The lowest BCUT2D eigenvalue weighted by Crippen LogP contribution is -2.10. The van der Waals surface area contributed by atoms with Crippen molar-refractivity contribution in [1.29, 1.82) is 0 Å². The number of hydrogen-bond donors (Lipinski definition) is 0. The summed E-state index contributed by atoms with van der Waals surface area (Å²) < 4.78 is 0. The minimum Gasteiger partial charge on any atom is -0.294 e. The molecule has 0 saturated carbocycles. The van der Waals surface area contributed by atoms with Gasteiger partial charge < -0.3 is 0 Å². The number of ketones is 1. The summed E-state index contributed by atoms with van der Waals surface area (Å²) in [6.45, 7) is 2.09. The molecule has 0 aromatic heterocycles. The van der Waals surface area contributed by atoms with Gasteiger partial charge >= 0.3 is 0 Å². The molecule has 1 nitrogen and oxygen atoms in total. The molecule has 0 aliphatic rings. The topological polar surface area (TPSA) is 17.1 Å². The Balaban J connectivity index is 1.82. The predicted octanol–water partition coefficient (Wildman–Crippen LogP) is 5.59. The number of benzene rings is 3. The Hall–Kier alpha value is -2.67. The van der Waals surface area contributed by atoms with Crippen LogP contribution in [0.3, 0.4) is 0 Å². The SMILES string of the molecule is Cc1ccc(C[C@@H](CC(=O)c2ccccc2)c2ccccc2)cc1. The lowest BCUT2D eigenvalue weighted by atomic mass is 9.86. The smallest absolute Gasteiger partial charge is 0.163 e. The highest BCUT2D eigenvalue weighted by Gasteiger charge is 2.17. The highest BCUT2D eigenvalue weighted by atomic mass is 16.1. The van der Waals surface area contributed by atoms with E-state index in [1.54, 1.807) is 0 Å². The van der Waals surface area contributed by atoms with Crippen LogP contribution in [0.1, 0.15) is 39.4 Å². The standard InChI is InChI=1S/C23H22O/c1-18-12-14-19(15-13-18)16-22(20-8-4-2-5-9-20)17-23(24)21-10-6-3-7-11-21/h2-15,22H,16-17H2,1H3/t22-/m0/s1. The van der Waals surface area contributed by atoms with Crippen LogP contribution in [-0.2, 0) is 6.42 Å². The van der Waals surface area contributed by atoms with Crippen molar-refractivity contribution in [3.63, 3.8) is 0 Å². The molecular weight excluding hydrogens is 292 g/mol. The Morgan fingerprint density at radius 2 is 1.38 bits per heavy atom. The number of carbonyl (C=O) groups excluding carboxylic acids is 1. The second-order valence-corrected chi connectivity index (χ2v) is 6.29. The van der Waals surface area contributed by atoms with Gasteiger partial charge in [0.1, 0.15) is 0 Å². The van der Waals surface area contributed by atoms with Gasteiger partial charge in [-0.25, -0.2) is 0 Å². The number of Topliss-reactive ketones (excluding diaryl/α,β-unsaturated/α-hetero) is 1. The summed E-state index contributed by atoms with van der Waals surface area (Å²) in [7, 11) is 0. The van der Waals surface area contributed by atoms with Crippen LogP contribution in [0.25, 0.3) is 0 Å². The van der Waals surface area contributed by atoms with Crippen LogP contribution in [0.4, 0.5) is 0 Å². The molecule has 0 N–H and O–H groups in total. The zero-order valence-corrected chi connectivity index (χ0v) is 14.0. The first kappa shape index (κ1) is 16.2. The summed E-state index contributed by atoms with van der Waals surface area (Å²) >= 11 is 0. The van der Waals surface area contributed by atoms with E-state index in [1.807, 2.05) is 48.5 Å². The van der Waals surface area contributed by atoms with E-state index < -0.39 is 0 Å². The van der Waals surface area contributed by atoms with Crippen molar-refractivity contribution in [2.75, 3.05) is 0 Å². The van der Waals surface area contributed by atoms with Crippen molar-refractivity contribution in [3.05, 3.63) is 107 Å². The average molecular weight is 314 g/mol. The Bertz CT molecular complexity index is 773. The van der Waals surface area contributed by atoms with Crippen LogP contribution >= 0.6 is 0 Å². The van der Waals surface area contributed by atoms with Gasteiger partial charge in [0, 0.05) is 12.0 Å². The fourth-order valence-corrected chi connectivity index (χ4v) is 3.01. The molecule has 3 aromatic rings. The summed E-state index contributed by atoms with van der Waals surface area (Å²) in [6.07, 6.45) is 1.41. The maximum atomic E-state index is 12.7. The molecule has 0 radical (unpaired) electrons. The van der Waals surface area contributed by atoms with E-state index in [2.05, 4.69) is 43.3 Å². The van der Waals surface area contributed by atoms with Crippen LogP contribution in [-0.4, -0.2) is 5.78 Å². The largest absolute Gasteiger partial charge is 0.294 e. The Morgan fingerprint density at radius 3 is 2.00 bits per heavy atom. The number of rotatable bonds is 6. The fraction of sp³-hybridized carbons (Fsp3) is 0.174. The molecule has 1 heteroatoms. The Morgan fingerprint density at radius 1 is 0.792 bits per heavy atom. The number of carbonyl (C=O) groups is 1. The lowest BCUT2D eigenvalue weighted by molar-refractivity contribution is 0.0973. The molecule has 0 fully saturated rings. The van der Waals surface area contributed by atoms with Gasteiger partial charge in [0.25, 0.3) is 0 Å². The van der Waals surface area contributed by atoms with Gasteiger partial charge in [-0.3, -0.25) is 4.79 Å². The minimum atomic E-state index is 0.196. The first-order chi connectivity index (χ1) is 11.7. The number of aryl methyl sites for hydroxylation is 1. The van der Waals surface area contributed by atoms with E-state index in [0.717, 1.165) is 12.0 Å². The van der Waals surface area contributed by atoms with Gasteiger partial charge in [0.15, 0.2) is 5.78 Å². The predicted molar refractivity (Wildman–Crippen MR) is 99.5 cm³/mol. The van der Waals surface area contributed by atoms with Gasteiger partial charge in [-0.2, -0.15) is 0 Å². The monoisotopic (exact) mass is 314 g/mol. The second kappa shape index (κ2) is 7.74. The molecule has 24 heavy (non-hydrogen) atoms. The first-order valence-corrected chi connectivity index (χ1v) is 8.41. The molecular formula is C23H22O. The quantitative estimate of drug-likeness (QED) is 0.542. The molecule has 0 saturated heterocycles. The Kier molecular flexibility index (Phi) is 5.22. The van der Waals surface area contributed by atoms with E-state index in [-0.39, 0.29) is 11.7 Å². The van der Waals surface area contributed by atoms with Gasteiger partial charge in [0.05, 0.1) is 0 Å². The fourth-order valence-electron chi connectivity index (χ4n) is 3.01. The summed E-state index contributed by atoms with van der Waals surface area (Å²) in [5, 5.41) is 0. The Labute approximate surface area is 144 Å². The maximum Gasteiger partial charge on any atom is 0.163 e. The van der Waals surface area contributed by atoms with E-state index in [4.69, 9.17) is 0 Å². The number of hydrogen-bond acceptors (Lipinski definition) is 1. The van der Waals surface area contributed by atoms with Crippen molar-refractivity contribution in [2.24, 2.45) is 0 Å². The van der Waals surface area contributed by atoms with Crippen molar-refractivity contribution < 1.29 is 4.79 Å². The summed E-state index contributed by atoms with van der Waals surface area (Å²) in [5.74, 6) is 0.401. The van der Waals surface area contributed by atoms with Gasteiger partial charge in [0.2, 0.25) is 0 Å². The molecule has 0 heterocycles. The van der Waals surface area contributed by atoms with Crippen molar-refractivity contribution in [3.8, 4) is 0 Å². The molecule has 0 aliphatic carbocycles. The van der Waals surface area contributed by atoms with Crippen LogP contribution in [0.2, 0.25) is 0 Å². The van der Waals surface area contributed by atoms with Gasteiger partial charge in [-0.1, -0.05) is 90.5 Å². The minimum absolute atomic E-state index is 0.196. The molecule has 3 rings (SSSR count). The zero-order valence-electron chi connectivity index (χ0n) is 14.0. The molecule has 0 bridgehead atoms. The molecule has 0 aliphatic heterocycles. The molecule has 120 valence electrons. The molecule has 1 atom stereocenters. The summed E-state index contributed by atoms with van der Waals surface area (Å²) in [5.41, 5.74) is 4.55. The lowest BCUT2D eigenvalue weighted by Gasteiger charge is -2.17. The van der Waals surface area contributed by atoms with E-state index >= 15 is 0 Å². The van der Waals surface area contributed by atoms with Crippen LogP contribution in [0.5, 0.6) is 0 Å². The second-order valence-electron chi connectivity index (χ2n) is 6.29. The third kappa shape index (κ3) is 4.20. The highest BCUT2D eigenvalue weighted by Crippen LogP contribution is 2.26. The van der Waals surface area contributed by atoms with E-state index in [0.29, 0.717) is 6.42 Å². The van der Waals surface area contributed by atoms with E-state index in [9.17, 15) is 4.79 Å². The van der Waals surface area contributed by atoms with Gasteiger partial charge in [-0.05, 0) is 30.4 Å². The molecule has 0 amide bonds.